The fourth-order valence-corrected chi connectivity index (χ4v) is 22.5. The van der Waals surface area contributed by atoms with Gasteiger partial charge < -0.3 is 5.11 Å². The highest BCUT2D eigenvalue weighted by molar-refractivity contribution is 5.76. The summed E-state index contributed by atoms with van der Waals surface area (Å²) in [6, 6.07) is 0. The molecule has 0 aliphatic carbocycles. The number of allylic oxidation sites excluding steroid dienone is 2. The first-order valence-electron chi connectivity index (χ1n) is 56.1. The lowest BCUT2D eigenvalue weighted by Gasteiger charge is -2.68. The summed E-state index contributed by atoms with van der Waals surface area (Å²) in [5.74, 6) is -0.288. The molecule has 0 aliphatic heterocycles. The molecule has 0 saturated carbocycles. The van der Waals surface area contributed by atoms with Gasteiger partial charge in [-0.25, -0.2) is 0 Å². The summed E-state index contributed by atoms with van der Waals surface area (Å²) in [6.45, 7) is 21.4. The minimum Gasteiger partial charge on any atom is -0.481 e. The van der Waals surface area contributed by atoms with Crippen LogP contribution in [0.1, 0.15) is 692 Å². The van der Waals surface area contributed by atoms with E-state index in [9.17, 15) is 5.11 Å². The minimum absolute atomic E-state index is 0.0466. The molecule has 116 heavy (non-hydrogen) atoms. The lowest BCUT2D eigenvalue weighted by molar-refractivity contribution is -0.215. The van der Waals surface area contributed by atoms with E-state index >= 15 is 4.79 Å². The highest BCUT2D eigenvalue weighted by atomic mass is 16.4. The number of hydrogen-bond acceptors (Lipinski definition) is 1. The lowest BCUT2D eigenvalue weighted by atomic mass is 9.35. The second-order valence-corrected chi connectivity index (χ2v) is 40.2. The van der Waals surface area contributed by atoms with E-state index in [0.717, 1.165) is 25.7 Å². The van der Waals surface area contributed by atoms with Gasteiger partial charge in [0.15, 0.2) is 0 Å². The summed E-state index contributed by atoms with van der Waals surface area (Å²) < 4.78 is 0. The van der Waals surface area contributed by atoms with Crippen molar-refractivity contribution in [1.82, 2.24) is 0 Å². The Labute approximate surface area is 736 Å². The Bertz CT molecular complexity index is 1780. The molecule has 0 saturated heterocycles. The molecule has 2 heteroatoms. The van der Waals surface area contributed by atoms with Crippen molar-refractivity contribution in [1.29, 1.82) is 0 Å². The van der Waals surface area contributed by atoms with E-state index in [1.807, 2.05) is 0 Å². The predicted molar refractivity (Wildman–Crippen MR) is 530 cm³/mol. The number of carboxylic acid groups (broad SMARTS) is 1. The Hall–Kier alpha value is -0.790. The van der Waals surface area contributed by atoms with Crippen LogP contribution in [0, 0.1) is 21.7 Å². The summed E-state index contributed by atoms with van der Waals surface area (Å²) in [6.07, 6.45) is 138. The molecule has 2 nitrogen and oxygen atoms in total. The fraction of sp³-hybridized carbons (Fsp3) is 0.974. The van der Waals surface area contributed by atoms with Gasteiger partial charge in [-0.3, -0.25) is 4.79 Å². The number of aliphatic carboxylic acids is 1. The van der Waals surface area contributed by atoms with Crippen LogP contribution in [0.3, 0.4) is 0 Å². The Morgan fingerprint density at radius 2 is 0.302 bits per heavy atom. The highest BCUT2D eigenvalue weighted by Gasteiger charge is 2.68. The van der Waals surface area contributed by atoms with E-state index in [0.29, 0.717) is 0 Å². The standard InChI is InChI=1S/C114H226O2/c1-10-19-28-37-46-55-64-67-76-85-94-103-111(101-92-83-74-65-56-47-38-29-20-11-2,102-93-84-75-66-57-48-39-30-21-12-3)113(106-97-88-79-70-60-51-42-33-24-15-6,107-98-89-80-71-61-52-43-34-25-16-7)114(108-99-90-81-72-62-53-44-35-26-17-8,109-100-91-82-73-63-54-45-36-27-18-9)112(110(115)116,104-95-86-77-68-58-49-40-31-22-13-4)105-96-87-78-69-59-50-41-32-23-14-5/h67,76H,10-66,68-75,77-109H2,1-9H3,(H,115,116)/b76-67-. The second kappa shape index (κ2) is 91.9. The summed E-state index contributed by atoms with van der Waals surface area (Å²) in [7, 11) is 0. The molecular formula is C114H226O2. The van der Waals surface area contributed by atoms with Gasteiger partial charge in [-0.1, -0.05) is 620 Å². The number of unbranched alkanes of at least 4 members (excludes halogenated alkanes) is 79. The molecule has 0 unspecified atom stereocenters. The SMILES string of the molecule is CCCCCCCC/C=C\CCCC(CCCCCCCCCCCC)(CCCCCCCCCCCC)C(CCCCCCCCCCCC)(CCCCCCCCCCCC)C(CCCCCCCCCCCC)(CCCCCCCCCCCC)C(CCCCCCCCCCCC)(CCCCCCCCCCCC)C(=O)O. The van der Waals surface area contributed by atoms with E-state index in [4.69, 9.17) is 0 Å². The van der Waals surface area contributed by atoms with E-state index in [-0.39, 0.29) is 22.2 Å². The van der Waals surface area contributed by atoms with Crippen LogP contribution >= 0.6 is 0 Å². The van der Waals surface area contributed by atoms with E-state index in [2.05, 4.69) is 74.5 Å². The fourth-order valence-electron chi connectivity index (χ4n) is 22.5. The van der Waals surface area contributed by atoms with Crippen LogP contribution in [0.4, 0.5) is 0 Å². The van der Waals surface area contributed by atoms with Gasteiger partial charge in [0.1, 0.15) is 0 Å². The third-order valence-electron chi connectivity index (χ3n) is 29.9. The molecule has 1 N–H and O–H groups in total. The van der Waals surface area contributed by atoms with Crippen LogP contribution in [0.15, 0.2) is 12.2 Å². The molecule has 0 amide bonds. The average molecular weight is 1630 g/mol. The molecule has 0 aliphatic rings. The van der Waals surface area contributed by atoms with Gasteiger partial charge in [0.05, 0.1) is 5.41 Å². The molecule has 0 fully saturated rings. The number of rotatable bonds is 103. The molecule has 0 aromatic heterocycles. The van der Waals surface area contributed by atoms with Gasteiger partial charge in [-0.2, -0.15) is 0 Å². The highest BCUT2D eigenvalue weighted by Crippen LogP contribution is 2.74. The molecule has 0 spiro atoms. The number of carboxylic acids is 1. The first-order valence-corrected chi connectivity index (χ1v) is 56.1. The maximum Gasteiger partial charge on any atom is 0.310 e. The van der Waals surface area contributed by atoms with Gasteiger partial charge >= 0.3 is 5.97 Å². The zero-order chi connectivity index (χ0) is 84.3. The Morgan fingerprint density at radius 1 is 0.164 bits per heavy atom. The molecule has 0 rings (SSSR count). The molecular weight excluding hydrogens is 1400 g/mol. The first kappa shape index (κ1) is 115. The van der Waals surface area contributed by atoms with Crippen molar-refractivity contribution in [3.63, 3.8) is 0 Å². The topological polar surface area (TPSA) is 37.3 Å². The summed E-state index contributed by atoms with van der Waals surface area (Å²) in [5, 5.41) is 14.0. The minimum atomic E-state index is -0.735. The Kier molecular flexibility index (Phi) is 91.3. The van der Waals surface area contributed by atoms with Crippen LogP contribution in [0.25, 0.3) is 0 Å². The molecule has 0 aromatic rings. The zero-order valence-electron chi connectivity index (χ0n) is 82.8. The van der Waals surface area contributed by atoms with Crippen LogP contribution in [0.2, 0.25) is 0 Å². The van der Waals surface area contributed by atoms with Gasteiger partial charge in [-0.05, 0) is 99.7 Å². The molecule has 0 heterocycles. The van der Waals surface area contributed by atoms with E-state index in [1.165, 1.54) is 604 Å². The van der Waals surface area contributed by atoms with Crippen LogP contribution in [-0.2, 0) is 4.79 Å². The molecule has 0 atom stereocenters. The summed E-state index contributed by atoms with van der Waals surface area (Å²) in [4.78, 5) is 17.0. The van der Waals surface area contributed by atoms with E-state index < -0.39 is 5.41 Å². The molecule has 0 aromatic carbocycles. The molecule has 694 valence electrons. The van der Waals surface area contributed by atoms with Crippen molar-refractivity contribution >= 4 is 5.97 Å². The number of hydrogen-bond donors (Lipinski definition) is 1. The largest absolute Gasteiger partial charge is 0.481 e. The van der Waals surface area contributed by atoms with Crippen LogP contribution < -0.4 is 0 Å². The zero-order valence-corrected chi connectivity index (χ0v) is 82.8. The van der Waals surface area contributed by atoms with Crippen molar-refractivity contribution in [3.8, 4) is 0 Å². The van der Waals surface area contributed by atoms with Gasteiger partial charge in [-0.15, -0.1) is 0 Å². The normalized spacial score (nSPS) is 12.5. The van der Waals surface area contributed by atoms with E-state index in [1.54, 1.807) is 0 Å². The van der Waals surface area contributed by atoms with Crippen LogP contribution in [0.5, 0.6) is 0 Å². The van der Waals surface area contributed by atoms with Crippen molar-refractivity contribution < 1.29 is 9.90 Å². The summed E-state index contributed by atoms with van der Waals surface area (Å²) in [5.41, 5.74) is -0.949. The third-order valence-corrected chi connectivity index (χ3v) is 29.9. The lowest BCUT2D eigenvalue weighted by Crippen LogP contribution is -2.63. The Balaban J connectivity index is 9.90. The molecule has 0 bridgehead atoms. The van der Waals surface area contributed by atoms with Gasteiger partial charge in [0.2, 0.25) is 0 Å². The summed E-state index contributed by atoms with van der Waals surface area (Å²) >= 11 is 0. The first-order chi connectivity index (χ1) is 57.2. The maximum atomic E-state index is 17.0. The average Bonchev–Trinajstić information content (AvgIpc) is 0.691. The Morgan fingerprint density at radius 3 is 0.491 bits per heavy atom. The maximum absolute atomic E-state index is 17.0. The molecule has 0 radical (unpaired) electrons. The third kappa shape index (κ3) is 63.2. The van der Waals surface area contributed by atoms with Crippen LogP contribution in [-0.4, -0.2) is 11.1 Å². The van der Waals surface area contributed by atoms with Crippen molar-refractivity contribution in [3.05, 3.63) is 12.2 Å². The number of carbonyl (C=O) groups is 1. The quantitative estimate of drug-likeness (QED) is 0.0487. The monoisotopic (exact) mass is 1630 g/mol. The van der Waals surface area contributed by atoms with Gasteiger partial charge in [0.25, 0.3) is 0 Å². The smallest absolute Gasteiger partial charge is 0.310 e. The van der Waals surface area contributed by atoms with Crippen molar-refractivity contribution in [2.45, 2.75) is 692 Å². The van der Waals surface area contributed by atoms with Gasteiger partial charge in [0, 0.05) is 0 Å². The predicted octanol–water partition coefficient (Wildman–Crippen LogP) is 43.0. The second-order valence-electron chi connectivity index (χ2n) is 40.2. The van der Waals surface area contributed by atoms with Crippen molar-refractivity contribution in [2.24, 2.45) is 21.7 Å². The van der Waals surface area contributed by atoms with Crippen molar-refractivity contribution in [2.75, 3.05) is 0 Å².